The van der Waals surface area contributed by atoms with Crippen molar-refractivity contribution in [3.63, 3.8) is 0 Å². The summed E-state index contributed by atoms with van der Waals surface area (Å²) in [6, 6.07) is 18.5. The average Bonchev–Trinajstić information content (AvgIpc) is 2.75. The number of para-hydroxylation sites is 1. The minimum Gasteiger partial charge on any atom is -0.368 e. The highest BCUT2D eigenvalue weighted by molar-refractivity contribution is 5.95. The maximum Gasteiger partial charge on any atom is 0.255 e. The Morgan fingerprint density at radius 3 is 2.48 bits per heavy atom. The predicted molar refractivity (Wildman–Crippen MR) is 118 cm³/mol. The predicted octanol–water partition coefficient (Wildman–Crippen LogP) is 4.40. The molecule has 0 spiro atoms. The fourth-order valence-corrected chi connectivity index (χ4v) is 3.67. The Morgan fingerprint density at radius 2 is 1.72 bits per heavy atom. The molecule has 148 valence electrons. The summed E-state index contributed by atoms with van der Waals surface area (Å²) >= 11 is 0. The number of aryl methyl sites for hydroxylation is 2. The Hall–Kier alpha value is -3.34. The van der Waals surface area contributed by atoms with Gasteiger partial charge in [-0.15, -0.1) is 0 Å². The second-order valence-electron chi connectivity index (χ2n) is 7.52. The quantitative estimate of drug-likeness (QED) is 0.722. The van der Waals surface area contributed by atoms with Crippen LogP contribution in [0.4, 0.5) is 17.1 Å². The van der Waals surface area contributed by atoms with Crippen LogP contribution in [0.1, 0.15) is 21.5 Å². The Bertz CT molecular complexity index is 1010. The van der Waals surface area contributed by atoms with E-state index in [4.69, 9.17) is 0 Å². The van der Waals surface area contributed by atoms with E-state index in [2.05, 4.69) is 59.4 Å². The number of carbonyl (C=O) groups excluding carboxylic acids is 1. The monoisotopic (exact) mass is 386 g/mol. The van der Waals surface area contributed by atoms with Crippen LogP contribution in [0.15, 0.2) is 67.0 Å². The van der Waals surface area contributed by atoms with E-state index < -0.39 is 0 Å². The van der Waals surface area contributed by atoms with Crippen LogP contribution >= 0.6 is 0 Å². The Morgan fingerprint density at radius 1 is 0.931 bits per heavy atom. The van der Waals surface area contributed by atoms with E-state index in [-0.39, 0.29) is 5.91 Å². The summed E-state index contributed by atoms with van der Waals surface area (Å²) in [4.78, 5) is 21.5. The van der Waals surface area contributed by atoms with Gasteiger partial charge >= 0.3 is 0 Å². The summed E-state index contributed by atoms with van der Waals surface area (Å²) in [7, 11) is 0. The third-order valence-corrected chi connectivity index (χ3v) is 5.34. The second kappa shape index (κ2) is 8.35. The molecule has 29 heavy (non-hydrogen) atoms. The molecular formula is C24H26N4O. The molecule has 1 aliphatic heterocycles. The fraction of sp³-hybridized carbons (Fsp3) is 0.250. The number of piperazine rings is 1. The molecule has 2 aromatic carbocycles. The zero-order valence-corrected chi connectivity index (χ0v) is 16.9. The highest BCUT2D eigenvalue weighted by Gasteiger charge is 2.22. The van der Waals surface area contributed by atoms with Crippen molar-refractivity contribution in [2.75, 3.05) is 36.4 Å². The van der Waals surface area contributed by atoms with Crippen molar-refractivity contribution >= 4 is 23.0 Å². The average molecular weight is 386 g/mol. The summed E-state index contributed by atoms with van der Waals surface area (Å²) in [5.74, 6) is 0.0369. The van der Waals surface area contributed by atoms with Gasteiger partial charge in [0.2, 0.25) is 0 Å². The lowest BCUT2D eigenvalue weighted by Crippen LogP contribution is -2.48. The number of rotatable bonds is 4. The first-order valence-corrected chi connectivity index (χ1v) is 9.99. The molecule has 2 heterocycles. The first-order chi connectivity index (χ1) is 14.1. The number of amides is 1. The summed E-state index contributed by atoms with van der Waals surface area (Å²) in [6.07, 6.45) is 3.40. The first-order valence-electron chi connectivity index (χ1n) is 9.99. The molecule has 0 bridgehead atoms. The van der Waals surface area contributed by atoms with E-state index >= 15 is 0 Å². The lowest BCUT2D eigenvalue weighted by Gasteiger charge is -2.36. The molecule has 5 heteroatoms. The Labute approximate surface area is 172 Å². The summed E-state index contributed by atoms with van der Waals surface area (Å²) in [6.45, 7) is 7.25. The number of benzene rings is 2. The van der Waals surface area contributed by atoms with E-state index in [1.165, 1.54) is 11.3 Å². The first kappa shape index (κ1) is 19.0. The van der Waals surface area contributed by atoms with Crippen LogP contribution in [0.2, 0.25) is 0 Å². The number of nitrogens with zero attached hydrogens (tertiary/aromatic N) is 3. The zero-order valence-electron chi connectivity index (χ0n) is 16.9. The van der Waals surface area contributed by atoms with Crippen molar-refractivity contribution in [1.29, 1.82) is 0 Å². The van der Waals surface area contributed by atoms with Gasteiger partial charge in [-0.1, -0.05) is 30.3 Å². The molecular weight excluding hydrogens is 360 g/mol. The summed E-state index contributed by atoms with van der Waals surface area (Å²) in [5.41, 5.74) is 6.09. The third kappa shape index (κ3) is 4.40. The van der Waals surface area contributed by atoms with Crippen LogP contribution in [0.3, 0.4) is 0 Å². The van der Waals surface area contributed by atoms with Crippen molar-refractivity contribution in [2.45, 2.75) is 13.8 Å². The molecule has 1 amide bonds. The molecule has 1 saturated heterocycles. The van der Waals surface area contributed by atoms with Crippen molar-refractivity contribution < 1.29 is 4.79 Å². The van der Waals surface area contributed by atoms with Crippen LogP contribution in [0, 0.1) is 13.8 Å². The van der Waals surface area contributed by atoms with Crippen LogP contribution in [0.5, 0.6) is 0 Å². The highest BCUT2D eigenvalue weighted by atomic mass is 16.2. The van der Waals surface area contributed by atoms with E-state index in [9.17, 15) is 4.79 Å². The SMILES string of the molecule is Cc1cccc(N2CCN(C(=O)c3cncc(Nc4ccccc4C)c3)CC2)c1. The van der Waals surface area contributed by atoms with Crippen LogP contribution in [0.25, 0.3) is 0 Å². The fourth-order valence-electron chi connectivity index (χ4n) is 3.67. The third-order valence-electron chi connectivity index (χ3n) is 5.34. The van der Waals surface area contributed by atoms with Crippen LogP contribution < -0.4 is 10.2 Å². The van der Waals surface area contributed by atoms with Gasteiger partial charge in [0.05, 0.1) is 17.4 Å². The molecule has 0 radical (unpaired) electrons. The lowest BCUT2D eigenvalue weighted by molar-refractivity contribution is 0.0746. The Balaban J connectivity index is 1.42. The zero-order chi connectivity index (χ0) is 20.2. The van der Waals surface area contributed by atoms with Crippen LogP contribution in [-0.2, 0) is 0 Å². The minimum atomic E-state index is 0.0369. The van der Waals surface area contributed by atoms with E-state index in [0.29, 0.717) is 18.7 Å². The minimum absolute atomic E-state index is 0.0369. The molecule has 1 aromatic heterocycles. The molecule has 4 rings (SSSR count). The number of aromatic nitrogens is 1. The van der Waals surface area contributed by atoms with Crippen molar-refractivity contribution in [1.82, 2.24) is 9.88 Å². The molecule has 5 nitrogen and oxygen atoms in total. The molecule has 0 aliphatic carbocycles. The van der Waals surface area contributed by atoms with Gasteiger partial charge in [-0.3, -0.25) is 9.78 Å². The maximum atomic E-state index is 13.0. The van der Waals surface area contributed by atoms with Gasteiger partial charge in [-0.25, -0.2) is 0 Å². The van der Waals surface area contributed by atoms with Gasteiger partial charge in [0.1, 0.15) is 0 Å². The number of pyridine rings is 1. The van der Waals surface area contributed by atoms with Crippen LogP contribution in [-0.4, -0.2) is 42.0 Å². The number of nitrogens with one attached hydrogen (secondary N) is 1. The molecule has 1 N–H and O–H groups in total. The van der Waals surface area contributed by atoms with Crippen molar-refractivity contribution in [2.24, 2.45) is 0 Å². The molecule has 1 aliphatic rings. The lowest BCUT2D eigenvalue weighted by atomic mass is 10.1. The summed E-state index contributed by atoms with van der Waals surface area (Å²) < 4.78 is 0. The maximum absolute atomic E-state index is 13.0. The van der Waals surface area contributed by atoms with E-state index in [1.807, 2.05) is 29.2 Å². The number of hydrogen-bond donors (Lipinski definition) is 1. The van der Waals surface area contributed by atoms with Gasteiger partial charge in [-0.05, 0) is 49.2 Å². The molecule has 0 saturated carbocycles. The highest BCUT2D eigenvalue weighted by Crippen LogP contribution is 2.22. The molecule has 0 atom stereocenters. The Kier molecular flexibility index (Phi) is 5.47. The van der Waals surface area contributed by atoms with E-state index in [1.54, 1.807) is 12.4 Å². The van der Waals surface area contributed by atoms with Crippen molar-refractivity contribution in [3.05, 3.63) is 83.7 Å². The standard InChI is InChI=1S/C24H26N4O/c1-18-6-5-8-22(14-18)27-10-12-28(13-11-27)24(29)20-15-21(17-25-16-20)26-23-9-4-3-7-19(23)2/h3-9,14-17,26H,10-13H2,1-2H3. The largest absolute Gasteiger partial charge is 0.368 e. The molecule has 3 aromatic rings. The number of carbonyl (C=O) groups is 1. The molecule has 1 fully saturated rings. The normalized spacial score (nSPS) is 14.0. The summed E-state index contributed by atoms with van der Waals surface area (Å²) in [5, 5.41) is 3.36. The van der Waals surface area contributed by atoms with Gasteiger partial charge < -0.3 is 15.1 Å². The molecule has 0 unspecified atom stereocenters. The van der Waals surface area contributed by atoms with E-state index in [0.717, 1.165) is 30.0 Å². The smallest absolute Gasteiger partial charge is 0.255 e. The van der Waals surface area contributed by atoms with Crippen molar-refractivity contribution in [3.8, 4) is 0 Å². The number of hydrogen-bond acceptors (Lipinski definition) is 4. The van der Waals surface area contributed by atoms with Gasteiger partial charge in [0.15, 0.2) is 0 Å². The van der Waals surface area contributed by atoms with Gasteiger partial charge in [-0.2, -0.15) is 0 Å². The van der Waals surface area contributed by atoms with Gasteiger partial charge in [0.25, 0.3) is 5.91 Å². The second-order valence-corrected chi connectivity index (χ2v) is 7.52. The topological polar surface area (TPSA) is 48.5 Å². The number of anilines is 3. The van der Waals surface area contributed by atoms with Gasteiger partial charge in [0, 0.05) is 43.8 Å².